The lowest BCUT2D eigenvalue weighted by molar-refractivity contribution is -0.146. The standard InChI is InChI=1S/C35H69NO17/c1-35(2,3)53-34(38)36(4)6-7-40-8-9-41-10-11-42-12-13-43-14-15-44-16-17-45-18-19-46-20-21-47-22-23-48-24-25-49-26-27-50-28-29-51-30-31-52-32-33(37)39-5/h6-32H2,1-5H3. The average Bonchev–Trinajstić information content (AvgIpc) is 3.13. The van der Waals surface area contributed by atoms with Gasteiger partial charge in [-0.3, -0.25) is 0 Å². The van der Waals surface area contributed by atoms with Crippen LogP contribution in [0.25, 0.3) is 0 Å². The van der Waals surface area contributed by atoms with E-state index in [2.05, 4.69) is 4.74 Å². The Morgan fingerprint density at radius 3 is 0.849 bits per heavy atom. The zero-order chi connectivity index (χ0) is 38.9. The third-order valence-corrected chi connectivity index (χ3v) is 6.19. The number of ether oxygens (including phenoxy) is 15. The van der Waals surface area contributed by atoms with Gasteiger partial charge in [0.05, 0.1) is 172 Å². The van der Waals surface area contributed by atoms with Crippen LogP contribution in [0.4, 0.5) is 4.79 Å². The van der Waals surface area contributed by atoms with Crippen LogP contribution in [-0.2, 0) is 75.8 Å². The van der Waals surface area contributed by atoms with Crippen molar-refractivity contribution in [2.45, 2.75) is 26.4 Å². The Bertz CT molecular complexity index is 790. The van der Waals surface area contributed by atoms with Gasteiger partial charge in [-0.2, -0.15) is 0 Å². The van der Waals surface area contributed by atoms with E-state index >= 15 is 0 Å². The summed E-state index contributed by atoms with van der Waals surface area (Å²) in [4.78, 5) is 24.2. The molecule has 18 heteroatoms. The van der Waals surface area contributed by atoms with Gasteiger partial charge in [-0.05, 0) is 20.8 Å². The normalized spacial score (nSPS) is 11.6. The van der Waals surface area contributed by atoms with Gasteiger partial charge in [0.25, 0.3) is 0 Å². The Balaban J connectivity index is 3.14. The van der Waals surface area contributed by atoms with Crippen LogP contribution in [0.15, 0.2) is 0 Å². The largest absolute Gasteiger partial charge is 0.467 e. The van der Waals surface area contributed by atoms with E-state index in [1.54, 1.807) is 7.05 Å². The molecule has 0 rings (SSSR count). The Morgan fingerprint density at radius 1 is 0.396 bits per heavy atom. The van der Waals surface area contributed by atoms with Crippen molar-refractivity contribution in [1.29, 1.82) is 0 Å². The van der Waals surface area contributed by atoms with E-state index in [0.717, 1.165) is 0 Å². The summed E-state index contributed by atoms with van der Waals surface area (Å²) >= 11 is 0. The zero-order valence-electron chi connectivity index (χ0n) is 33.0. The lowest BCUT2D eigenvalue weighted by Gasteiger charge is -2.24. The number of amides is 1. The number of carbonyl (C=O) groups is 2. The fourth-order valence-electron chi connectivity index (χ4n) is 3.49. The second-order valence-corrected chi connectivity index (χ2v) is 11.9. The summed E-state index contributed by atoms with van der Waals surface area (Å²) in [7, 11) is 2.99. The van der Waals surface area contributed by atoms with Gasteiger partial charge in [0.1, 0.15) is 12.2 Å². The van der Waals surface area contributed by atoms with Crippen LogP contribution in [0.5, 0.6) is 0 Å². The summed E-state index contributed by atoms with van der Waals surface area (Å²) < 4.78 is 80.3. The van der Waals surface area contributed by atoms with Crippen molar-refractivity contribution in [3.05, 3.63) is 0 Å². The summed E-state index contributed by atoms with van der Waals surface area (Å²) in [6.07, 6.45) is -0.369. The molecule has 0 aromatic carbocycles. The maximum atomic E-state index is 11.9. The van der Waals surface area contributed by atoms with Gasteiger partial charge in [-0.15, -0.1) is 0 Å². The number of hydrogen-bond donors (Lipinski definition) is 0. The van der Waals surface area contributed by atoms with Crippen LogP contribution in [-0.4, -0.2) is 215 Å². The molecule has 0 radical (unpaired) electrons. The number of esters is 1. The van der Waals surface area contributed by atoms with Crippen LogP contribution in [0.3, 0.4) is 0 Å². The van der Waals surface area contributed by atoms with Crippen molar-refractivity contribution in [3.63, 3.8) is 0 Å². The number of rotatable bonds is 41. The lowest BCUT2D eigenvalue weighted by Crippen LogP contribution is -2.36. The number of nitrogens with zero attached hydrogens (tertiary/aromatic N) is 1. The van der Waals surface area contributed by atoms with Crippen molar-refractivity contribution in [1.82, 2.24) is 4.90 Å². The fourth-order valence-corrected chi connectivity index (χ4v) is 3.49. The first-order valence-electron chi connectivity index (χ1n) is 18.3. The molecule has 0 heterocycles. The van der Waals surface area contributed by atoms with Crippen molar-refractivity contribution >= 4 is 12.1 Å². The third-order valence-electron chi connectivity index (χ3n) is 6.19. The summed E-state index contributed by atoms with van der Waals surface area (Å²) in [6.45, 7) is 17.4. The summed E-state index contributed by atoms with van der Waals surface area (Å²) in [6, 6.07) is 0. The van der Waals surface area contributed by atoms with Gasteiger partial charge in [0.15, 0.2) is 0 Å². The molecule has 0 aromatic heterocycles. The first kappa shape index (κ1) is 51.2. The van der Waals surface area contributed by atoms with E-state index in [1.165, 1.54) is 12.0 Å². The van der Waals surface area contributed by atoms with Crippen molar-refractivity contribution in [2.75, 3.05) is 192 Å². The molecular formula is C35H69NO17. The minimum atomic E-state index is -0.515. The van der Waals surface area contributed by atoms with E-state index in [4.69, 9.17) is 66.3 Å². The van der Waals surface area contributed by atoms with Crippen molar-refractivity contribution in [2.24, 2.45) is 0 Å². The molecule has 0 aliphatic heterocycles. The van der Waals surface area contributed by atoms with E-state index in [-0.39, 0.29) is 12.7 Å². The minimum Gasteiger partial charge on any atom is -0.467 e. The summed E-state index contributed by atoms with van der Waals surface area (Å²) in [5.41, 5.74) is -0.515. The molecule has 0 aliphatic rings. The van der Waals surface area contributed by atoms with E-state index in [1.807, 2.05) is 20.8 Å². The van der Waals surface area contributed by atoms with Gasteiger partial charge in [-0.1, -0.05) is 0 Å². The van der Waals surface area contributed by atoms with Gasteiger partial charge in [0.2, 0.25) is 0 Å². The molecule has 0 N–H and O–H groups in total. The second kappa shape index (κ2) is 39.9. The highest BCUT2D eigenvalue weighted by Gasteiger charge is 2.19. The predicted octanol–water partition coefficient (Wildman–Crippen LogP) is 1.24. The van der Waals surface area contributed by atoms with Gasteiger partial charge in [0, 0.05) is 13.6 Å². The number of methoxy groups -OCH3 is 1. The fraction of sp³-hybridized carbons (Fsp3) is 0.943. The highest BCUT2D eigenvalue weighted by molar-refractivity contribution is 5.70. The van der Waals surface area contributed by atoms with Crippen LogP contribution in [0.2, 0.25) is 0 Å². The minimum absolute atomic E-state index is 0.0756. The summed E-state index contributed by atoms with van der Waals surface area (Å²) in [5, 5.41) is 0. The SMILES string of the molecule is COC(=O)COCCOCCOCCOCCOCCOCCOCCOCCOCCOCCOCCOCCOCCN(C)C(=O)OC(C)(C)C. The molecule has 0 atom stereocenters. The molecule has 0 bridgehead atoms. The molecule has 53 heavy (non-hydrogen) atoms. The number of likely N-dealkylation sites (N-methyl/N-ethyl adjacent to an activating group) is 1. The van der Waals surface area contributed by atoms with Gasteiger partial charge >= 0.3 is 12.1 Å². The van der Waals surface area contributed by atoms with Crippen LogP contribution in [0, 0.1) is 0 Å². The Kier molecular flexibility index (Phi) is 38.6. The van der Waals surface area contributed by atoms with Gasteiger partial charge < -0.3 is 76.0 Å². The maximum Gasteiger partial charge on any atom is 0.410 e. The van der Waals surface area contributed by atoms with Crippen molar-refractivity contribution in [3.8, 4) is 0 Å². The van der Waals surface area contributed by atoms with Crippen molar-refractivity contribution < 1.29 is 80.6 Å². The molecule has 0 saturated carbocycles. The average molecular weight is 776 g/mol. The molecule has 0 spiro atoms. The van der Waals surface area contributed by atoms with Gasteiger partial charge in [-0.25, -0.2) is 9.59 Å². The quantitative estimate of drug-likeness (QED) is 0.0640. The predicted molar refractivity (Wildman–Crippen MR) is 192 cm³/mol. The van der Waals surface area contributed by atoms with Crippen LogP contribution in [0.1, 0.15) is 20.8 Å². The van der Waals surface area contributed by atoms with E-state index in [9.17, 15) is 9.59 Å². The number of hydrogen-bond acceptors (Lipinski definition) is 17. The smallest absolute Gasteiger partial charge is 0.410 e. The van der Waals surface area contributed by atoms with Crippen LogP contribution >= 0.6 is 0 Å². The summed E-state index contributed by atoms with van der Waals surface area (Å²) in [5.74, 6) is -0.412. The molecule has 0 saturated heterocycles. The molecular weight excluding hydrogens is 706 g/mol. The molecule has 0 aliphatic carbocycles. The highest BCUT2D eigenvalue weighted by atomic mass is 16.6. The van der Waals surface area contributed by atoms with Crippen LogP contribution < -0.4 is 0 Å². The molecule has 0 aromatic rings. The Labute approximate surface area is 316 Å². The molecule has 1 amide bonds. The molecule has 18 nitrogen and oxygen atoms in total. The molecule has 0 unspecified atom stereocenters. The third kappa shape index (κ3) is 42.8. The first-order valence-corrected chi connectivity index (χ1v) is 18.3. The monoisotopic (exact) mass is 775 g/mol. The van der Waals surface area contributed by atoms with E-state index in [0.29, 0.717) is 172 Å². The first-order chi connectivity index (χ1) is 25.8. The second-order valence-electron chi connectivity index (χ2n) is 11.9. The van der Waals surface area contributed by atoms with E-state index < -0.39 is 11.6 Å². The zero-order valence-corrected chi connectivity index (χ0v) is 33.0. The maximum absolute atomic E-state index is 11.9. The molecule has 316 valence electrons. The Hall–Kier alpha value is -1.78. The lowest BCUT2D eigenvalue weighted by atomic mass is 10.2. The topological polar surface area (TPSA) is 176 Å². The number of carbonyl (C=O) groups excluding carboxylic acids is 2. The molecule has 0 fully saturated rings. The highest BCUT2D eigenvalue weighted by Crippen LogP contribution is 2.08. The Morgan fingerprint density at radius 2 is 0.623 bits per heavy atom.